The second-order valence-corrected chi connectivity index (χ2v) is 44.6. The maximum atomic E-state index is 13.2. The van der Waals surface area contributed by atoms with E-state index in [-0.39, 0.29) is 96.9 Å². The van der Waals surface area contributed by atoms with Crippen LogP contribution in [0.15, 0.2) is 194 Å². The summed E-state index contributed by atoms with van der Waals surface area (Å²) in [5, 5.41) is 7.60. The zero-order valence-corrected chi connectivity index (χ0v) is 92.5. The van der Waals surface area contributed by atoms with E-state index in [4.69, 9.17) is 107 Å². The maximum absolute atomic E-state index is 13.2. The molecule has 0 spiro atoms. The zero-order chi connectivity index (χ0) is 108. The van der Waals surface area contributed by atoms with Crippen molar-refractivity contribution in [1.82, 2.24) is 58.6 Å². The first-order valence-corrected chi connectivity index (χ1v) is 55.4. The highest BCUT2D eigenvalue weighted by molar-refractivity contribution is 7.54. The molecule has 147 heavy (non-hydrogen) atoms. The molecule has 0 aliphatic carbocycles. The molecule has 6 N–H and O–H groups in total. The van der Waals surface area contributed by atoms with Crippen molar-refractivity contribution in [3.63, 3.8) is 0 Å². The quantitative estimate of drug-likeness (QED) is 0.00272. The van der Waals surface area contributed by atoms with Crippen LogP contribution < -0.4 is 36.3 Å². The van der Waals surface area contributed by atoms with Gasteiger partial charge < -0.3 is 95.8 Å². The average molecular weight is 2150 g/mol. The van der Waals surface area contributed by atoms with E-state index < -0.39 is 93.9 Å². The first kappa shape index (κ1) is 122. The van der Waals surface area contributed by atoms with Crippen molar-refractivity contribution in [1.29, 1.82) is 0 Å². The van der Waals surface area contributed by atoms with Gasteiger partial charge in [-0.2, -0.15) is 24.9 Å². The van der Waals surface area contributed by atoms with Crippen LogP contribution in [0.25, 0.3) is 33.5 Å². The molecule has 0 radical (unpaired) electrons. The summed E-state index contributed by atoms with van der Waals surface area (Å²) in [6.45, 7) is 37.2. The Morgan fingerprint density at radius 1 is 0.456 bits per heavy atom. The highest BCUT2D eigenvalue weighted by Gasteiger charge is 2.41. The van der Waals surface area contributed by atoms with E-state index in [1.165, 1.54) is 99.3 Å². The number of nitrogens with one attached hydrogen (secondary N) is 3. The summed E-state index contributed by atoms with van der Waals surface area (Å²) >= 11 is 18.5. The number of aromatic nitrogens is 12. The van der Waals surface area contributed by atoms with E-state index >= 15 is 0 Å². The van der Waals surface area contributed by atoms with Gasteiger partial charge in [-0.05, 0) is 173 Å². The second kappa shape index (κ2) is 57.9. The molecule has 43 heteroatoms. The topological polar surface area (TPSA) is 457 Å². The molecular weight excluding hydrogens is 2010 g/mol. The van der Waals surface area contributed by atoms with Crippen molar-refractivity contribution in [3.8, 4) is 11.5 Å². The minimum absolute atomic E-state index is 0.000111. The predicted octanol–water partition coefficient (Wildman–Crippen LogP) is 21.1. The Morgan fingerprint density at radius 2 is 0.762 bits per heavy atom. The van der Waals surface area contributed by atoms with Gasteiger partial charge in [0.25, 0.3) is 5.56 Å². The molecule has 0 aliphatic heterocycles. The zero-order valence-electron chi connectivity index (χ0n) is 87.6. The predicted molar refractivity (Wildman–Crippen MR) is 571 cm³/mol. The van der Waals surface area contributed by atoms with Crippen LogP contribution >= 0.6 is 57.6 Å². The Bertz CT molecular complexity index is 6110. The van der Waals surface area contributed by atoms with Crippen LogP contribution in [0.3, 0.4) is 0 Å². The van der Waals surface area contributed by atoms with Gasteiger partial charge in [-0.1, -0.05) is 234 Å². The van der Waals surface area contributed by atoms with E-state index in [0.717, 1.165) is 44.9 Å². The summed E-state index contributed by atoms with van der Waals surface area (Å²) in [6.07, 6.45) is 13.6. The van der Waals surface area contributed by atoms with Gasteiger partial charge in [-0.15, -0.1) is 0 Å². The van der Waals surface area contributed by atoms with Gasteiger partial charge in [-0.25, -0.2) is 15.0 Å². The minimum Gasteiger partial charge on any atom is -0.777 e. The summed E-state index contributed by atoms with van der Waals surface area (Å²) < 4.78 is 107. The molecule has 0 aliphatic rings. The van der Waals surface area contributed by atoms with Gasteiger partial charge in [0, 0.05) is 19.6 Å². The van der Waals surface area contributed by atoms with Crippen molar-refractivity contribution in [2.45, 2.75) is 212 Å². The molecular formula is C104H144Cl3N16O21P3. The van der Waals surface area contributed by atoms with Crippen LogP contribution in [0.2, 0.25) is 10.3 Å². The average Bonchev–Trinajstić information content (AvgIpc) is 1.49. The molecule has 6 aromatic heterocycles. The number of H-pyrrole nitrogens is 1. The number of imidazole rings is 3. The van der Waals surface area contributed by atoms with Crippen LogP contribution in [-0.2, 0) is 105 Å². The highest BCUT2D eigenvalue weighted by atomic mass is 35.5. The summed E-state index contributed by atoms with van der Waals surface area (Å²) in [6, 6.07) is 55.8. The number of nitrogens with two attached hydrogens (primary N) is 1. The van der Waals surface area contributed by atoms with Crippen LogP contribution in [0, 0.1) is 16.2 Å². The van der Waals surface area contributed by atoms with E-state index in [1.807, 2.05) is 178 Å². The number of hydrogen-bond donors (Lipinski definition) is 5. The van der Waals surface area contributed by atoms with Gasteiger partial charge in [0.1, 0.15) is 52.7 Å². The Balaban J connectivity index is 0.000000241. The first-order chi connectivity index (χ1) is 69.8. The molecule has 0 fully saturated rings. The number of alkyl halides is 1. The minimum atomic E-state index is -4.51. The van der Waals surface area contributed by atoms with Gasteiger partial charge in [0.05, 0.1) is 108 Å². The Labute approximate surface area is 876 Å². The standard InChI is InChI=1S/C34H39ClN5O5P.C28H27ClN5O5P.C20H32N5O9P.C16H36N.C6H11ClO2/c1-24(2)44-46(41,45-25(3)4)23-43-21-20-40-22-36-30-31(35)37-33(38-32(30)40)39-34(26-12-8-6-9-13-26,27-14-10-7-11-15-27)28-16-18-29(42-5)19-17-28;1-38-23-14-12-22(13-15-23)28(20-8-4-2-5-9-20,21-10-6-3-7-11-21)33-27-31-25(29)24-26(32-27)34(18-30-24)16-17-39-19-40(35,36)37;1-19(2,3)16(27)31-10-33-35(29,34-11-32-17(28)20(4,5)6)12-30-8-7-25-9-22-13-14(25)23-18(21)24-15(13)26;1-5-9-13-17(14-10-6-2,15-11-7-3)16-12-8-4;1-6(2,3)5(8)9-4-7/h6-19,22,24-25H,20-21,23H2,1-5H3,(H,37,38,39);2-15,18H,16-17,19H2,1H3,(H,31,32,33)(H2,35,36,37);9H,7-8,10-12H2,1-6H3,(H3,21,23,24,26);5-16H2,1-4H3;4H2,1-3H3/q;;;+1;/p-1. The van der Waals surface area contributed by atoms with Gasteiger partial charge in [-0.3, -0.25) is 42.3 Å². The van der Waals surface area contributed by atoms with Crippen molar-refractivity contribution in [2.24, 2.45) is 16.2 Å². The maximum Gasteiger partial charge on any atom is 0.361 e. The molecule has 6 aromatic carbocycles. The number of hydrogen-bond acceptors (Lipinski definition) is 31. The molecule has 0 amide bonds. The Hall–Kier alpha value is -10.7. The number of esters is 3. The lowest BCUT2D eigenvalue weighted by Gasteiger charge is -2.39. The SMILES string of the molecule is CC(C)(C)C(=O)OCCl.CC(C)(C)C(=O)OCOP(=O)(COCCn1cnc2c(=O)[nH]c(N)nc21)OCOC(=O)C(C)(C)C.CCCC[N+](CCCC)(CCCC)CCCC.COc1ccc(C(Nc2nc(Cl)c3ncn(CCOCP(=O)(OC(C)C)OC(C)C)c3n2)(c2ccccc2)c2ccccc2)cc1.COc1ccc(C(Nc2nc(Cl)c3ncn(CCOCP(=O)([O-])O)c3n2)(c2ccccc2)c2ccccc2)cc1. The number of carbonyl (C=O) groups excluding carboxylic acids is 3. The van der Waals surface area contributed by atoms with Gasteiger partial charge in [0.2, 0.25) is 31.4 Å². The number of ether oxygens (including phenoxy) is 8. The number of nitrogens with zero attached hydrogens (tertiary/aromatic N) is 12. The van der Waals surface area contributed by atoms with Crippen molar-refractivity contribution < 1.29 is 98.3 Å². The van der Waals surface area contributed by atoms with Crippen LogP contribution in [0.4, 0.5) is 17.8 Å². The number of carbonyl (C=O) groups is 3. The lowest BCUT2D eigenvalue weighted by molar-refractivity contribution is -0.929. The summed E-state index contributed by atoms with van der Waals surface area (Å²) in [7, 11) is -8.68. The third-order valence-corrected chi connectivity index (χ3v) is 27.2. The van der Waals surface area contributed by atoms with E-state index in [1.54, 1.807) is 87.4 Å². The van der Waals surface area contributed by atoms with E-state index in [2.05, 4.69) is 102 Å². The summed E-state index contributed by atoms with van der Waals surface area (Å²) in [5.74, 6) is 0.555. The molecule has 12 aromatic rings. The number of nitrogen functional groups attached to an aromatic ring is 1. The van der Waals surface area contributed by atoms with Gasteiger partial charge >= 0.3 is 33.1 Å². The number of halogens is 3. The molecule has 0 saturated carbocycles. The molecule has 6 heterocycles. The van der Waals surface area contributed by atoms with E-state index in [9.17, 15) is 37.8 Å². The normalized spacial score (nSPS) is 12.5. The fourth-order valence-corrected chi connectivity index (χ4v) is 18.8. The van der Waals surface area contributed by atoms with Gasteiger partial charge in [0.15, 0.2) is 46.4 Å². The number of rotatable bonds is 50. The largest absolute Gasteiger partial charge is 0.777 e. The van der Waals surface area contributed by atoms with Crippen LogP contribution in [0.5, 0.6) is 11.5 Å². The first-order valence-electron chi connectivity index (χ1n) is 48.9. The van der Waals surface area contributed by atoms with E-state index in [0.29, 0.717) is 34.8 Å². The smallest absolute Gasteiger partial charge is 0.361 e. The van der Waals surface area contributed by atoms with Crippen LogP contribution in [-0.4, -0.2) is 197 Å². The Kier molecular flexibility index (Phi) is 47.9. The molecule has 802 valence electrons. The third-order valence-electron chi connectivity index (χ3n) is 22.6. The molecule has 0 saturated heterocycles. The summed E-state index contributed by atoms with van der Waals surface area (Å²) in [5.41, 5.74) is 9.13. The lowest BCUT2D eigenvalue weighted by Crippen LogP contribution is -2.50. The molecule has 1 atom stereocenters. The van der Waals surface area contributed by atoms with Crippen molar-refractivity contribution in [3.05, 3.63) is 243 Å². The third kappa shape index (κ3) is 36.9. The van der Waals surface area contributed by atoms with Crippen LogP contribution in [0.1, 0.15) is 202 Å². The number of anilines is 3. The highest BCUT2D eigenvalue weighted by Crippen LogP contribution is 2.52. The van der Waals surface area contributed by atoms with Crippen molar-refractivity contribution >= 4 is 127 Å². The number of unbranched alkanes of at least 4 members (excludes halogenated alkanes) is 4. The number of benzene rings is 6. The molecule has 12 rings (SSSR count). The second-order valence-electron chi connectivity index (χ2n) is 38.2. The summed E-state index contributed by atoms with van der Waals surface area (Å²) in [4.78, 5) is 104. The fourth-order valence-electron chi connectivity index (χ4n) is 15.1. The molecule has 1 unspecified atom stereocenters. The number of methoxy groups -OCH3 is 2. The Morgan fingerprint density at radius 3 is 1.06 bits per heavy atom. The fraction of sp³-hybridized carbons (Fsp3) is 0.481. The lowest BCUT2D eigenvalue weighted by atomic mass is 9.77. The number of fused-ring (bicyclic) bond motifs is 3. The monoisotopic (exact) mass is 2150 g/mol. The van der Waals surface area contributed by atoms with Crippen molar-refractivity contribution in [2.75, 3.05) is 115 Å². The number of aromatic amines is 1. The molecule has 37 nitrogen and oxygen atoms in total. The number of quaternary nitrogens is 1. The molecule has 0 bridgehead atoms.